The van der Waals surface area contributed by atoms with E-state index in [9.17, 15) is 0 Å². The highest BCUT2D eigenvalue weighted by Crippen LogP contribution is 2.47. The Bertz CT molecular complexity index is 4320. The average molecular weight is 925 g/mol. The molecule has 0 N–H and O–H groups in total. The van der Waals surface area contributed by atoms with Crippen molar-refractivity contribution in [2.24, 2.45) is 0 Å². The molecule has 0 unspecified atom stereocenters. The molecular formula is C66H40N2S2. The minimum Gasteiger partial charge on any atom is -0.309 e. The fraction of sp³-hybridized carbons (Fsp3) is 0. The third-order valence-electron chi connectivity index (χ3n) is 14.5. The second kappa shape index (κ2) is 15.5. The summed E-state index contributed by atoms with van der Waals surface area (Å²) in [5.41, 5.74) is 16.9. The quantitative estimate of drug-likeness (QED) is 0.157. The number of para-hydroxylation sites is 2. The highest BCUT2D eigenvalue weighted by atomic mass is 32.1. The van der Waals surface area contributed by atoms with Gasteiger partial charge in [-0.2, -0.15) is 0 Å². The summed E-state index contributed by atoms with van der Waals surface area (Å²) in [6, 6.07) is 89.8. The van der Waals surface area contributed by atoms with Crippen molar-refractivity contribution in [3.05, 3.63) is 243 Å². The minimum atomic E-state index is 1.14. The molecule has 0 atom stereocenters. The van der Waals surface area contributed by atoms with E-state index in [1.165, 1.54) is 128 Å². The summed E-state index contributed by atoms with van der Waals surface area (Å²) in [5.74, 6) is 0. The van der Waals surface area contributed by atoms with E-state index in [0.29, 0.717) is 0 Å². The number of hydrogen-bond donors (Lipinski definition) is 0. The van der Waals surface area contributed by atoms with Crippen molar-refractivity contribution >= 4 is 107 Å². The largest absolute Gasteiger partial charge is 0.309 e. The number of aromatic nitrogens is 2. The molecule has 15 rings (SSSR count). The van der Waals surface area contributed by atoms with Gasteiger partial charge >= 0.3 is 0 Å². The first-order chi connectivity index (χ1) is 34.7. The van der Waals surface area contributed by atoms with Crippen LogP contribution in [0, 0.1) is 0 Å². The highest BCUT2D eigenvalue weighted by molar-refractivity contribution is 7.26. The van der Waals surface area contributed by atoms with Gasteiger partial charge < -0.3 is 9.13 Å². The molecule has 0 amide bonds. The van der Waals surface area contributed by atoms with E-state index >= 15 is 0 Å². The Balaban J connectivity index is 0.839. The van der Waals surface area contributed by atoms with Gasteiger partial charge in [0.05, 0.1) is 22.1 Å². The Hall–Kier alpha value is -8.54. The first-order valence-electron chi connectivity index (χ1n) is 23.9. The van der Waals surface area contributed by atoms with E-state index in [1.807, 2.05) is 22.7 Å². The first-order valence-corrected chi connectivity index (χ1v) is 25.5. The summed E-state index contributed by atoms with van der Waals surface area (Å²) in [6.45, 7) is 0. The number of thiophene rings is 2. The number of hydrogen-bond acceptors (Lipinski definition) is 2. The van der Waals surface area contributed by atoms with Crippen LogP contribution in [-0.4, -0.2) is 9.13 Å². The fourth-order valence-electron chi connectivity index (χ4n) is 11.6. The summed E-state index contributed by atoms with van der Waals surface area (Å²) in [5, 5.41) is 10.4. The zero-order valence-electron chi connectivity index (χ0n) is 37.8. The van der Waals surface area contributed by atoms with Crippen LogP contribution < -0.4 is 0 Å². The van der Waals surface area contributed by atoms with Crippen molar-refractivity contribution < 1.29 is 0 Å². The van der Waals surface area contributed by atoms with Gasteiger partial charge in [0, 0.05) is 73.3 Å². The van der Waals surface area contributed by atoms with Gasteiger partial charge in [-0.1, -0.05) is 164 Å². The summed E-state index contributed by atoms with van der Waals surface area (Å²) in [4.78, 5) is 0. The van der Waals surface area contributed by atoms with Crippen LogP contribution in [0.1, 0.15) is 0 Å². The molecule has 0 spiro atoms. The van der Waals surface area contributed by atoms with Crippen LogP contribution in [-0.2, 0) is 0 Å². The molecule has 0 bridgehead atoms. The van der Waals surface area contributed by atoms with Gasteiger partial charge in [-0.05, 0) is 123 Å². The van der Waals surface area contributed by atoms with E-state index in [-0.39, 0.29) is 0 Å². The highest BCUT2D eigenvalue weighted by Gasteiger charge is 2.21. The molecule has 326 valence electrons. The van der Waals surface area contributed by atoms with E-state index in [4.69, 9.17) is 0 Å². The molecule has 0 saturated heterocycles. The normalized spacial score (nSPS) is 12.0. The molecule has 4 aromatic heterocycles. The topological polar surface area (TPSA) is 9.86 Å². The zero-order valence-corrected chi connectivity index (χ0v) is 39.4. The summed E-state index contributed by atoms with van der Waals surface area (Å²) < 4.78 is 10.2. The lowest BCUT2D eigenvalue weighted by Crippen LogP contribution is -1.95. The van der Waals surface area contributed by atoms with Crippen molar-refractivity contribution in [1.82, 2.24) is 9.13 Å². The van der Waals surface area contributed by atoms with Crippen LogP contribution in [0.25, 0.3) is 140 Å². The molecule has 0 radical (unpaired) electrons. The van der Waals surface area contributed by atoms with E-state index in [0.717, 1.165) is 11.4 Å². The lowest BCUT2D eigenvalue weighted by molar-refractivity contribution is 1.18. The van der Waals surface area contributed by atoms with Gasteiger partial charge in [0.1, 0.15) is 0 Å². The Kier molecular flexibility index (Phi) is 8.73. The van der Waals surface area contributed by atoms with Gasteiger partial charge in [-0.15, -0.1) is 22.7 Å². The Labute approximate surface area is 411 Å². The molecule has 70 heavy (non-hydrogen) atoms. The van der Waals surface area contributed by atoms with Crippen molar-refractivity contribution in [1.29, 1.82) is 0 Å². The second-order valence-electron chi connectivity index (χ2n) is 18.3. The van der Waals surface area contributed by atoms with Crippen molar-refractivity contribution in [2.45, 2.75) is 0 Å². The van der Waals surface area contributed by atoms with Crippen molar-refractivity contribution in [3.63, 3.8) is 0 Å². The van der Waals surface area contributed by atoms with E-state index < -0.39 is 0 Å². The third kappa shape index (κ3) is 5.91. The zero-order chi connectivity index (χ0) is 45.9. The second-order valence-corrected chi connectivity index (χ2v) is 20.5. The fourth-order valence-corrected chi connectivity index (χ4v) is 13.8. The SMILES string of the molecule is c1cc(-c2cccc(-n3c4ccccc4c4c(-c5cccc6sc7ccccc7c56)cccc43)c2)cc(-c2cccc(-n3c4ccccc4c4c(-c5cccc6sc7ccccc7c56)cccc43)c2)c1. The Morgan fingerprint density at radius 1 is 0.229 bits per heavy atom. The van der Waals surface area contributed by atoms with Gasteiger partial charge in [0.15, 0.2) is 0 Å². The first kappa shape index (κ1) is 39.5. The van der Waals surface area contributed by atoms with Crippen LogP contribution in [0.5, 0.6) is 0 Å². The van der Waals surface area contributed by atoms with Gasteiger partial charge in [-0.25, -0.2) is 0 Å². The summed E-state index contributed by atoms with van der Waals surface area (Å²) in [6.07, 6.45) is 0. The Morgan fingerprint density at radius 3 is 1.03 bits per heavy atom. The van der Waals surface area contributed by atoms with Crippen LogP contribution in [0.4, 0.5) is 0 Å². The smallest absolute Gasteiger partial charge is 0.0547 e. The summed E-state index contributed by atoms with van der Waals surface area (Å²) >= 11 is 3.75. The summed E-state index contributed by atoms with van der Waals surface area (Å²) in [7, 11) is 0. The van der Waals surface area contributed by atoms with Crippen molar-refractivity contribution in [2.75, 3.05) is 0 Å². The standard InChI is InChI=1S/C66H40N2S2/c1-5-30-55-51(22-1)63-47(49-28-14-36-61-65(49)53-24-3-7-34-59(53)69-61)26-12-32-57(63)67(55)45-20-10-18-43(39-45)41-16-9-17-42(38-41)44-19-11-21-46(40-44)68-56-31-6-2-23-52(56)64-48(27-13-33-58(64)68)50-29-15-37-62-66(50)54-25-4-8-35-60(54)70-62/h1-40H. The van der Waals surface area contributed by atoms with Gasteiger partial charge in [0.2, 0.25) is 0 Å². The predicted octanol–water partition coefficient (Wildman–Crippen LogP) is 19.3. The van der Waals surface area contributed by atoms with Gasteiger partial charge in [0.25, 0.3) is 0 Å². The third-order valence-corrected chi connectivity index (χ3v) is 16.8. The maximum Gasteiger partial charge on any atom is 0.0547 e. The molecule has 0 aliphatic carbocycles. The van der Waals surface area contributed by atoms with E-state index in [2.05, 4.69) is 252 Å². The molecule has 2 nitrogen and oxygen atoms in total. The lowest BCUT2D eigenvalue weighted by atomic mass is 9.95. The average Bonchev–Trinajstić information content (AvgIpc) is 4.19. The number of rotatable bonds is 6. The maximum atomic E-state index is 2.46. The molecule has 11 aromatic carbocycles. The molecule has 0 aliphatic heterocycles. The monoisotopic (exact) mass is 924 g/mol. The van der Waals surface area contributed by atoms with E-state index in [1.54, 1.807) is 0 Å². The molecule has 4 heteroatoms. The molecule has 0 fully saturated rings. The molecule has 0 saturated carbocycles. The number of benzene rings is 11. The van der Waals surface area contributed by atoms with Crippen LogP contribution in [0.3, 0.4) is 0 Å². The Morgan fingerprint density at radius 2 is 0.557 bits per heavy atom. The van der Waals surface area contributed by atoms with Crippen LogP contribution >= 0.6 is 22.7 Å². The number of fused-ring (bicyclic) bond motifs is 12. The molecule has 4 heterocycles. The molecule has 0 aliphatic rings. The number of nitrogens with zero attached hydrogens (tertiary/aromatic N) is 2. The van der Waals surface area contributed by atoms with Crippen LogP contribution in [0.2, 0.25) is 0 Å². The minimum absolute atomic E-state index is 1.14. The molecular weight excluding hydrogens is 885 g/mol. The molecule has 15 aromatic rings. The van der Waals surface area contributed by atoms with Gasteiger partial charge in [-0.3, -0.25) is 0 Å². The van der Waals surface area contributed by atoms with Crippen molar-refractivity contribution in [3.8, 4) is 55.9 Å². The lowest BCUT2D eigenvalue weighted by Gasteiger charge is -2.13. The predicted molar refractivity (Wildman–Crippen MR) is 303 cm³/mol. The van der Waals surface area contributed by atoms with Crippen LogP contribution in [0.15, 0.2) is 243 Å². The maximum absolute atomic E-state index is 2.46.